The van der Waals surface area contributed by atoms with Crippen LogP contribution < -0.4 is 56.5 Å². The normalized spacial score (nSPS) is 8.93. The van der Waals surface area contributed by atoms with Crippen molar-refractivity contribution in [1.29, 1.82) is 0 Å². The first-order valence-corrected chi connectivity index (χ1v) is 3.49. The molecule has 0 saturated heterocycles. The fourth-order valence-electron chi connectivity index (χ4n) is 0.933. The molecule has 0 N–H and O–H groups in total. The molecule has 14 heavy (non-hydrogen) atoms. The van der Waals surface area contributed by atoms with Crippen LogP contribution in [0.2, 0.25) is 0 Å². The van der Waals surface area contributed by atoms with E-state index in [1.807, 2.05) is 0 Å². The van der Waals surface area contributed by atoms with Crippen LogP contribution in [0.3, 0.4) is 0 Å². The molecule has 0 fully saturated rings. The molecule has 0 unspecified atom stereocenters. The average molecular weight is 219 g/mol. The number of hydrogen-bond donors (Lipinski definition) is 0. The topological polar surface area (TPSA) is 83.3 Å². The van der Waals surface area contributed by atoms with E-state index in [-0.39, 0.29) is 62.6 Å². The summed E-state index contributed by atoms with van der Waals surface area (Å²) in [5.41, 5.74) is 0.0361. The number of aromatic carboxylic acids is 1. The van der Waals surface area contributed by atoms with Crippen molar-refractivity contribution in [3.63, 3.8) is 0 Å². The summed E-state index contributed by atoms with van der Waals surface area (Å²) >= 11 is 0. The van der Waals surface area contributed by atoms with Gasteiger partial charge in [-0.25, -0.2) is 0 Å². The Labute approximate surface area is 123 Å². The van der Waals surface area contributed by atoms with Gasteiger partial charge in [-0.3, -0.25) is 10.1 Å². The molecule has 0 heterocycles. The van der Waals surface area contributed by atoms with E-state index in [1.54, 1.807) is 0 Å². The van der Waals surface area contributed by atoms with Gasteiger partial charge in [0.1, 0.15) is 0 Å². The molecular formula is C8H6KNO4. The molecule has 0 spiro atoms. The summed E-state index contributed by atoms with van der Waals surface area (Å²) < 4.78 is 0. The molecule has 0 aromatic heterocycles. The first kappa shape index (κ1) is 13.7. The van der Waals surface area contributed by atoms with E-state index in [4.69, 9.17) is 0 Å². The Hall–Kier alpha value is -0.274. The SMILES string of the molecule is Cc1ccc(C(=O)[O-])cc1[N+](=O)[O-].[K+]. The second-order valence-electron chi connectivity index (χ2n) is 2.55. The Morgan fingerprint density at radius 3 is 2.43 bits per heavy atom. The van der Waals surface area contributed by atoms with Crippen molar-refractivity contribution >= 4 is 11.7 Å². The number of carbonyl (C=O) groups is 1. The standard InChI is InChI=1S/C8H7NO4.K/c1-5-2-3-6(8(10)11)4-7(5)9(12)13;/h2-4H,1H3,(H,10,11);/q;+1/p-1. The van der Waals surface area contributed by atoms with Crippen molar-refractivity contribution in [2.45, 2.75) is 6.92 Å². The van der Waals surface area contributed by atoms with Crippen LogP contribution >= 0.6 is 0 Å². The zero-order valence-corrected chi connectivity index (χ0v) is 10.9. The number of nitro benzene ring substituents is 1. The third-order valence-electron chi connectivity index (χ3n) is 1.64. The van der Waals surface area contributed by atoms with E-state index < -0.39 is 10.9 Å². The van der Waals surface area contributed by atoms with Gasteiger partial charge in [0.15, 0.2) is 0 Å². The van der Waals surface area contributed by atoms with Crippen molar-refractivity contribution < 1.29 is 66.2 Å². The van der Waals surface area contributed by atoms with Crippen LogP contribution in [0.5, 0.6) is 0 Å². The van der Waals surface area contributed by atoms with Gasteiger partial charge in [-0.1, -0.05) is 12.1 Å². The summed E-state index contributed by atoms with van der Waals surface area (Å²) in [6.45, 7) is 1.54. The molecule has 68 valence electrons. The number of aryl methyl sites for hydroxylation is 1. The van der Waals surface area contributed by atoms with Gasteiger partial charge in [0.2, 0.25) is 0 Å². The molecule has 1 aromatic rings. The molecule has 1 aromatic carbocycles. The Balaban J connectivity index is 0.00000169. The Morgan fingerprint density at radius 1 is 1.43 bits per heavy atom. The Morgan fingerprint density at radius 2 is 2.00 bits per heavy atom. The second-order valence-corrected chi connectivity index (χ2v) is 2.55. The minimum Gasteiger partial charge on any atom is -0.545 e. The maximum atomic E-state index is 10.4. The number of carboxylic acid groups (broad SMARTS) is 1. The maximum absolute atomic E-state index is 10.4. The fourth-order valence-corrected chi connectivity index (χ4v) is 0.933. The molecule has 6 heteroatoms. The van der Waals surface area contributed by atoms with Crippen molar-refractivity contribution in [1.82, 2.24) is 0 Å². The van der Waals surface area contributed by atoms with Crippen molar-refractivity contribution in [3.05, 3.63) is 39.4 Å². The van der Waals surface area contributed by atoms with Gasteiger partial charge in [-0.05, 0) is 6.92 Å². The van der Waals surface area contributed by atoms with Gasteiger partial charge in [0.25, 0.3) is 5.69 Å². The predicted octanol–water partition coefficient (Wildman–Crippen LogP) is -2.73. The van der Waals surface area contributed by atoms with Crippen molar-refractivity contribution in [2.75, 3.05) is 0 Å². The van der Waals surface area contributed by atoms with Gasteiger partial charge in [0, 0.05) is 17.2 Å². The molecule has 0 amide bonds. The number of carboxylic acids is 1. The van der Waals surface area contributed by atoms with Gasteiger partial charge < -0.3 is 9.90 Å². The van der Waals surface area contributed by atoms with Crippen LogP contribution in [0.15, 0.2) is 18.2 Å². The molecule has 0 aliphatic carbocycles. The third-order valence-corrected chi connectivity index (χ3v) is 1.64. The van der Waals surface area contributed by atoms with Gasteiger partial charge in [-0.15, -0.1) is 0 Å². The molecule has 1 rings (SSSR count). The smallest absolute Gasteiger partial charge is 0.545 e. The zero-order chi connectivity index (χ0) is 10.0. The second kappa shape index (κ2) is 5.57. The molecule has 0 bridgehead atoms. The van der Waals surface area contributed by atoms with Crippen molar-refractivity contribution in [3.8, 4) is 0 Å². The third kappa shape index (κ3) is 3.14. The van der Waals surface area contributed by atoms with E-state index in [1.165, 1.54) is 19.1 Å². The van der Waals surface area contributed by atoms with Crippen LogP contribution in [0.4, 0.5) is 5.69 Å². The van der Waals surface area contributed by atoms with E-state index >= 15 is 0 Å². The van der Waals surface area contributed by atoms with E-state index in [0.29, 0.717) is 5.56 Å². The Kier molecular flexibility index (Phi) is 5.46. The van der Waals surface area contributed by atoms with E-state index in [9.17, 15) is 20.0 Å². The van der Waals surface area contributed by atoms with Crippen LogP contribution in [-0.4, -0.2) is 10.9 Å². The predicted molar refractivity (Wildman–Crippen MR) is 42.2 cm³/mol. The summed E-state index contributed by atoms with van der Waals surface area (Å²) in [5.74, 6) is -1.41. The summed E-state index contributed by atoms with van der Waals surface area (Å²) in [5, 5.41) is 20.7. The number of rotatable bonds is 2. The molecule has 0 aliphatic rings. The zero-order valence-electron chi connectivity index (χ0n) is 7.81. The summed E-state index contributed by atoms with van der Waals surface area (Å²) in [7, 11) is 0. The molecule has 0 atom stereocenters. The number of benzene rings is 1. The first-order valence-electron chi connectivity index (χ1n) is 3.49. The first-order chi connectivity index (χ1) is 6.02. The molecule has 0 aliphatic heterocycles. The van der Waals surface area contributed by atoms with Gasteiger partial charge in [-0.2, -0.15) is 0 Å². The minimum absolute atomic E-state index is 0. The number of nitrogens with zero attached hydrogens (tertiary/aromatic N) is 1. The molecule has 5 nitrogen and oxygen atoms in total. The number of hydrogen-bond acceptors (Lipinski definition) is 4. The fraction of sp³-hybridized carbons (Fsp3) is 0.125. The summed E-state index contributed by atoms with van der Waals surface area (Å²) in [6, 6.07) is 3.64. The van der Waals surface area contributed by atoms with E-state index in [2.05, 4.69) is 0 Å². The quantitative estimate of drug-likeness (QED) is 0.307. The van der Waals surface area contributed by atoms with Crippen LogP contribution in [0, 0.1) is 17.0 Å². The van der Waals surface area contributed by atoms with Crippen LogP contribution in [-0.2, 0) is 0 Å². The average Bonchev–Trinajstić information content (AvgIpc) is 2.04. The number of nitro groups is 1. The van der Waals surface area contributed by atoms with Crippen LogP contribution in [0.25, 0.3) is 0 Å². The molecular weight excluding hydrogens is 213 g/mol. The summed E-state index contributed by atoms with van der Waals surface area (Å²) in [4.78, 5) is 20.1. The maximum Gasteiger partial charge on any atom is 1.00 e. The monoisotopic (exact) mass is 219 g/mol. The van der Waals surface area contributed by atoms with Crippen molar-refractivity contribution in [2.24, 2.45) is 0 Å². The van der Waals surface area contributed by atoms with E-state index in [0.717, 1.165) is 6.07 Å². The van der Waals surface area contributed by atoms with Gasteiger partial charge in [0.05, 0.1) is 10.9 Å². The number of carbonyl (C=O) groups excluding carboxylic acids is 1. The largest absolute Gasteiger partial charge is 1.00 e. The molecule has 0 saturated carbocycles. The Bertz CT molecular complexity index is 378. The van der Waals surface area contributed by atoms with Gasteiger partial charge >= 0.3 is 51.4 Å². The summed E-state index contributed by atoms with van der Waals surface area (Å²) in [6.07, 6.45) is 0. The van der Waals surface area contributed by atoms with Crippen LogP contribution in [0.1, 0.15) is 15.9 Å². The molecule has 0 radical (unpaired) electrons. The minimum atomic E-state index is -1.41.